The summed E-state index contributed by atoms with van der Waals surface area (Å²) in [6.07, 6.45) is -4.65. The van der Waals surface area contributed by atoms with Gasteiger partial charge in [0.15, 0.2) is 11.5 Å². The summed E-state index contributed by atoms with van der Waals surface area (Å²) in [6, 6.07) is 3.53. The van der Waals surface area contributed by atoms with Gasteiger partial charge in [-0.2, -0.15) is 0 Å². The molecule has 1 aromatic rings. The van der Waals surface area contributed by atoms with Crippen LogP contribution in [-0.4, -0.2) is 60.1 Å². The second-order valence-electron chi connectivity index (χ2n) is 8.21. The second kappa shape index (κ2) is 13.4. The maximum absolute atomic E-state index is 12.2. The molecule has 12 nitrogen and oxygen atoms in total. The van der Waals surface area contributed by atoms with E-state index in [0.29, 0.717) is 0 Å². The van der Waals surface area contributed by atoms with E-state index in [1.54, 1.807) is 48.5 Å². The Kier molecular flexibility index (Phi) is 11.3. The number of benzene rings is 1. The van der Waals surface area contributed by atoms with Gasteiger partial charge >= 0.3 is 24.4 Å². The Balaban J connectivity index is 3.40. The number of carbonyl (C=O) groups excluding carboxylic acids is 3. The highest BCUT2D eigenvalue weighted by Gasteiger charge is 2.44. The molecule has 0 aromatic heterocycles. The van der Waals surface area contributed by atoms with Crippen molar-refractivity contribution in [3.63, 3.8) is 0 Å². The Morgan fingerprint density at radius 2 is 1.43 bits per heavy atom. The van der Waals surface area contributed by atoms with E-state index in [0.717, 1.165) is 0 Å². The molecule has 0 saturated carbocycles. The van der Waals surface area contributed by atoms with Crippen molar-refractivity contribution in [3.05, 3.63) is 23.8 Å². The van der Waals surface area contributed by atoms with Crippen molar-refractivity contribution in [2.24, 2.45) is 0 Å². The molecule has 0 aliphatic rings. The lowest BCUT2D eigenvalue weighted by Gasteiger charge is -2.31. The number of nitrogens with one attached hydrogen (secondary N) is 1. The average molecular weight is 500 g/mol. The fourth-order valence-corrected chi connectivity index (χ4v) is 2.78. The van der Waals surface area contributed by atoms with Crippen molar-refractivity contribution >= 4 is 24.4 Å². The number of rotatable bonds is 11. The second-order valence-corrected chi connectivity index (χ2v) is 8.21. The maximum Gasteiger partial charge on any atom is 0.514 e. The number of ether oxygens (including phenoxy) is 6. The third-order valence-corrected chi connectivity index (χ3v) is 3.90. The summed E-state index contributed by atoms with van der Waals surface area (Å²) in [6.45, 7) is 11.3. The predicted molar refractivity (Wildman–Crippen MR) is 121 cm³/mol. The van der Waals surface area contributed by atoms with Crippen molar-refractivity contribution in [1.29, 1.82) is 0 Å². The van der Waals surface area contributed by atoms with Crippen molar-refractivity contribution < 1.29 is 52.7 Å². The average Bonchev–Trinajstić information content (AvgIpc) is 2.68. The predicted octanol–water partition coefficient (Wildman–Crippen LogP) is 4.03. The van der Waals surface area contributed by atoms with Crippen LogP contribution in [-0.2, 0) is 30.2 Å². The minimum Gasteiger partial charge on any atom is -0.477 e. The van der Waals surface area contributed by atoms with Gasteiger partial charge in [0.2, 0.25) is 0 Å². The van der Waals surface area contributed by atoms with E-state index in [-0.39, 0.29) is 23.7 Å². The van der Waals surface area contributed by atoms with Crippen LogP contribution in [0.1, 0.15) is 54.0 Å². The summed E-state index contributed by atoms with van der Waals surface area (Å²) < 4.78 is 30.1. The molecule has 0 aliphatic carbocycles. The van der Waals surface area contributed by atoms with Gasteiger partial charge in [-0.25, -0.2) is 19.2 Å². The van der Waals surface area contributed by atoms with Gasteiger partial charge in [0.1, 0.15) is 0 Å². The van der Waals surface area contributed by atoms with Crippen LogP contribution in [0.3, 0.4) is 0 Å². The molecule has 1 atom stereocenters. The van der Waals surface area contributed by atoms with Gasteiger partial charge in [0.25, 0.3) is 5.72 Å². The molecule has 0 fully saturated rings. The van der Waals surface area contributed by atoms with Gasteiger partial charge in [-0.05, 0) is 66.2 Å². The van der Waals surface area contributed by atoms with Crippen molar-refractivity contribution in [3.8, 4) is 11.5 Å². The molecule has 0 bridgehead atoms. The molecule has 12 heteroatoms. The maximum atomic E-state index is 12.2. The lowest BCUT2D eigenvalue weighted by molar-refractivity contribution is -0.166. The zero-order chi connectivity index (χ0) is 26.8. The van der Waals surface area contributed by atoms with Gasteiger partial charge in [-0.1, -0.05) is 6.07 Å². The quantitative estimate of drug-likeness (QED) is 0.195. The van der Waals surface area contributed by atoms with E-state index in [1.165, 1.54) is 18.2 Å². The Labute approximate surface area is 203 Å². The van der Waals surface area contributed by atoms with Crippen LogP contribution in [0.15, 0.2) is 18.2 Å². The van der Waals surface area contributed by atoms with Gasteiger partial charge in [-0.15, -0.1) is 0 Å². The third kappa shape index (κ3) is 10.1. The molecule has 0 spiro atoms. The molecule has 2 N–H and O–H groups in total. The van der Waals surface area contributed by atoms with E-state index in [1.807, 2.05) is 0 Å². The highest BCUT2D eigenvalue weighted by molar-refractivity contribution is 5.80. The zero-order valence-electron chi connectivity index (χ0n) is 20.9. The van der Waals surface area contributed by atoms with Crippen molar-refractivity contribution in [1.82, 2.24) is 5.32 Å². The van der Waals surface area contributed by atoms with Crippen LogP contribution < -0.4 is 14.8 Å². The number of hydrogen-bond acceptors (Lipinski definition) is 11. The minimum atomic E-state index is -2.21. The summed E-state index contributed by atoms with van der Waals surface area (Å²) >= 11 is 0. The Bertz CT molecular complexity index is 897. The summed E-state index contributed by atoms with van der Waals surface area (Å²) in [4.78, 5) is 48.3. The summed E-state index contributed by atoms with van der Waals surface area (Å²) in [5, 5.41) is 12.7. The highest BCUT2D eigenvalue weighted by atomic mass is 16.8. The monoisotopic (exact) mass is 499 g/mol. The molecule has 1 rings (SSSR count). The topological polar surface area (TPSA) is 156 Å². The molecule has 0 aliphatic heterocycles. The lowest BCUT2D eigenvalue weighted by atomic mass is 10.0. The number of aliphatic carboxylic acids is 1. The van der Waals surface area contributed by atoms with Crippen LogP contribution in [0.4, 0.5) is 14.4 Å². The molecule has 0 heterocycles. The van der Waals surface area contributed by atoms with Crippen LogP contribution in [0, 0.1) is 0 Å². The molecular formula is C23H33NO11. The first-order chi connectivity index (χ1) is 16.3. The van der Waals surface area contributed by atoms with Gasteiger partial charge in [0.05, 0.1) is 18.8 Å². The third-order valence-electron chi connectivity index (χ3n) is 3.90. The fraction of sp³-hybridized carbons (Fsp3) is 0.565. The summed E-state index contributed by atoms with van der Waals surface area (Å²) in [5.74, 6) is -1.90. The molecule has 0 radical (unpaired) electrons. The van der Waals surface area contributed by atoms with Gasteiger partial charge < -0.3 is 33.5 Å². The lowest BCUT2D eigenvalue weighted by Crippen LogP contribution is -2.59. The Hall–Kier alpha value is -3.54. The Morgan fingerprint density at radius 1 is 0.886 bits per heavy atom. The fourth-order valence-electron chi connectivity index (χ4n) is 2.78. The summed E-state index contributed by atoms with van der Waals surface area (Å²) in [7, 11) is 0. The number of carboxylic acids is 1. The van der Waals surface area contributed by atoms with Crippen LogP contribution >= 0.6 is 0 Å². The summed E-state index contributed by atoms with van der Waals surface area (Å²) in [5.41, 5.74) is -1.96. The van der Waals surface area contributed by atoms with Crippen LogP contribution in [0.5, 0.6) is 11.5 Å². The first kappa shape index (κ1) is 29.5. The number of hydrogen-bond donors (Lipinski definition) is 2. The molecule has 1 aromatic carbocycles. The smallest absolute Gasteiger partial charge is 0.477 e. The van der Waals surface area contributed by atoms with Gasteiger partial charge in [0, 0.05) is 12.5 Å². The molecule has 35 heavy (non-hydrogen) atoms. The molecule has 0 saturated heterocycles. The van der Waals surface area contributed by atoms with Crippen LogP contribution in [0.2, 0.25) is 0 Å². The first-order valence-corrected chi connectivity index (χ1v) is 11.0. The SMILES string of the molecule is CCOC(=O)O[C@](Cc1ccc(OC(=O)OC(C)C)c(OC(=O)OC(C)C)c1)(NC(C)C)C(=O)O. The normalized spacial score (nSPS) is 12.6. The Morgan fingerprint density at radius 3 is 1.89 bits per heavy atom. The van der Waals surface area contributed by atoms with Crippen molar-refractivity contribution in [2.75, 3.05) is 6.61 Å². The molecule has 0 amide bonds. The molecule has 196 valence electrons. The van der Waals surface area contributed by atoms with E-state index >= 15 is 0 Å². The van der Waals surface area contributed by atoms with E-state index in [2.05, 4.69) is 5.32 Å². The zero-order valence-corrected chi connectivity index (χ0v) is 20.9. The highest BCUT2D eigenvalue weighted by Crippen LogP contribution is 2.31. The largest absolute Gasteiger partial charge is 0.514 e. The van der Waals surface area contributed by atoms with E-state index in [9.17, 15) is 24.3 Å². The number of carboxylic acid groups (broad SMARTS) is 1. The standard InChI is InChI=1S/C23H33NO11/c1-8-30-20(27)35-23(19(25)26,24-13(2)3)12-16-9-10-17(33-21(28)31-14(4)5)18(11-16)34-22(29)32-15(6)7/h9-11,13-15,24H,8,12H2,1-7H3,(H,25,26)/t23-/m0/s1. The van der Waals surface area contributed by atoms with E-state index < -0.39 is 54.8 Å². The molecule has 0 unspecified atom stereocenters. The van der Waals surface area contributed by atoms with Crippen LogP contribution in [0.25, 0.3) is 0 Å². The first-order valence-electron chi connectivity index (χ1n) is 11.0. The van der Waals surface area contributed by atoms with E-state index in [4.69, 9.17) is 28.4 Å². The molecular weight excluding hydrogens is 466 g/mol. The van der Waals surface area contributed by atoms with Crippen molar-refractivity contribution in [2.45, 2.75) is 78.9 Å². The minimum absolute atomic E-state index is 0.0231. The number of carbonyl (C=O) groups is 4. The van der Waals surface area contributed by atoms with Gasteiger partial charge in [-0.3, -0.25) is 5.32 Å².